The maximum atomic E-state index is 13.4. The number of amides is 1. The maximum Gasteiger partial charge on any atom is 0.419 e. The van der Waals surface area contributed by atoms with Gasteiger partial charge in [-0.2, -0.15) is 13.2 Å². The van der Waals surface area contributed by atoms with Gasteiger partial charge in [0.2, 0.25) is 0 Å². The molecule has 2 saturated carbocycles. The van der Waals surface area contributed by atoms with Gasteiger partial charge in [0.15, 0.2) is 0 Å². The van der Waals surface area contributed by atoms with Crippen molar-refractivity contribution in [3.63, 3.8) is 0 Å². The van der Waals surface area contributed by atoms with Crippen molar-refractivity contribution < 1.29 is 27.1 Å². The van der Waals surface area contributed by atoms with Crippen molar-refractivity contribution in [1.29, 1.82) is 0 Å². The third-order valence-electron chi connectivity index (χ3n) is 4.45. The summed E-state index contributed by atoms with van der Waals surface area (Å²) in [6.45, 7) is 0.314. The lowest BCUT2D eigenvalue weighted by molar-refractivity contribution is -0.140. The predicted molar refractivity (Wildman–Crippen MR) is 73.0 cm³/mol. The molecule has 0 heterocycles. The van der Waals surface area contributed by atoms with Crippen LogP contribution in [0.25, 0.3) is 0 Å². The summed E-state index contributed by atoms with van der Waals surface area (Å²) < 4.78 is 56.9. The van der Waals surface area contributed by atoms with Crippen molar-refractivity contribution in [2.24, 2.45) is 5.73 Å². The van der Waals surface area contributed by atoms with Crippen LogP contribution < -0.4 is 11.1 Å². The minimum Gasteiger partial charge on any atom is -0.442 e. The molecule has 0 saturated heterocycles. The fraction of sp³-hybridized carbons (Fsp3) is 0.533. The normalized spacial score (nSPS) is 20.9. The second kappa shape index (κ2) is 5.09. The van der Waals surface area contributed by atoms with Crippen LogP contribution in [-0.4, -0.2) is 18.2 Å². The molecule has 0 aliphatic heterocycles. The Morgan fingerprint density at radius 2 is 1.91 bits per heavy atom. The van der Waals surface area contributed by atoms with E-state index in [-0.39, 0.29) is 0 Å². The molecule has 0 atom stereocenters. The molecule has 8 heteroatoms. The van der Waals surface area contributed by atoms with E-state index in [1.807, 2.05) is 0 Å². The average Bonchev–Trinajstić information content (AvgIpc) is 3.32. The van der Waals surface area contributed by atoms with Crippen LogP contribution in [0.3, 0.4) is 0 Å². The number of ether oxygens (including phenoxy) is 1. The lowest BCUT2D eigenvalue weighted by Crippen LogP contribution is -2.40. The highest BCUT2D eigenvalue weighted by Gasteiger charge is 2.51. The Morgan fingerprint density at radius 3 is 2.39 bits per heavy atom. The van der Waals surface area contributed by atoms with E-state index in [1.54, 1.807) is 0 Å². The molecule has 1 aromatic carbocycles. The van der Waals surface area contributed by atoms with Gasteiger partial charge >= 0.3 is 12.3 Å². The summed E-state index contributed by atoms with van der Waals surface area (Å²) in [6, 6.07) is 3.05. The van der Waals surface area contributed by atoms with E-state index in [9.17, 15) is 22.4 Å². The topological polar surface area (TPSA) is 64.4 Å². The highest BCUT2D eigenvalue weighted by molar-refractivity contribution is 5.65. The van der Waals surface area contributed by atoms with Crippen molar-refractivity contribution in [2.75, 3.05) is 6.54 Å². The van der Waals surface area contributed by atoms with E-state index < -0.39 is 34.8 Å². The number of primary amides is 1. The van der Waals surface area contributed by atoms with Crippen LogP contribution in [0.1, 0.15) is 36.8 Å². The van der Waals surface area contributed by atoms with Gasteiger partial charge in [-0.25, -0.2) is 9.18 Å². The van der Waals surface area contributed by atoms with Gasteiger partial charge in [0, 0.05) is 12.1 Å². The Labute approximate surface area is 130 Å². The Hall–Kier alpha value is -1.83. The first-order chi connectivity index (χ1) is 10.7. The second-order valence-electron chi connectivity index (χ2n) is 6.23. The van der Waals surface area contributed by atoms with E-state index in [0.717, 1.165) is 12.1 Å². The van der Waals surface area contributed by atoms with Gasteiger partial charge in [-0.05, 0) is 43.4 Å². The monoisotopic (exact) mass is 332 g/mol. The largest absolute Gasteiger partial charge is 0.442 e. The SMILES string of the molecule is NC(=O)OC1(CNC2(c3ccc(F)c(C(F)(F)F)c3)CC2)CC1. The van der Waals surface area contributed by atoms with Gasteiger partial charge in [-0.3, -0.25) is 0 Å². The molecule has 3 rings (SSSR count). The van der Waals surface area contributed by atoms with Crippen molar-refractivity contribution >= 4 is 6.09 Å². The van der Waals surface area contributed by atoms with Gasteiger partial charge in [0.05, 0.1) is 5.56 Å². The van der Waals surface area contributed by atoms with E-state index in [0.29, 0.717) is 37.8 Å². The zero-order valence-electron chi connectivity index (χ0n) is 12.2. The van der Waals surface area contributed by atoms with Gasteiger partial charge in [0.1, 0.15) is 11.4 Å². The number of carbonyl (C=O) groups excluding carboxylic acids is 1. The molecule has 2 aliphatic carbocycles. The van der Waals surface area contributed by atoms with Crippen LogP contribution in [0.2, 0.25) is 0 Å². The third-order valence-corrected chi connectivity index (χ3v) is 4.45. The van der Waals surface area contributed by atoms with E-state index in [4.69, 9.17) is 10.5 Å². The maximum absolute atomic E-state index is 13.4. The number of carbonyl (C=O) groups is 1. The highest BCUT2D eigenvalue weighted by Crippen LogP contribution is 2.48. The molecule has 4 nitrogen and oxygen atoms in total. The molecule has 3 N–H and O–H groups in total. The van der Waals surface area contributed by atoms with Crippen molar-refractivity contribution in [3.05, 3.63) is 35.1 Å². The second-order valence-corrected chi connectivity index (χ2v) is 6.23. The van der Waals surface area contributed by atoms with Crippen molar-refractivity contribution in [1.82, 2.24) is 5.32 Å². The lowest BCUT2D eigenvalue weighted by atomic mass is 10.0. The zero-order valence-corrected chi connectivity index (χ0v) is 12.2. The van der Waals surface area contributed by atoms with Crippen LogP contribution in [-0.2, 0) is 16.5 Å². The molecule has 0 spiro atoms. The molecule has 2 fully saturated rings. The Kier molecular flexibility index (Phi) is 3.55. The van der Waals surface area contributed by atoms with E-state index >= 15 is 0 Å². The number of hydrogen-bond acceptors (Lipinski definition) is 3. The molecule has 0 aromatic heterocycles. The quantitative estimate of drug-likeness (QED) is 0.815. The van der Waals surface area contributed by atoms with E-state index in [2.05, 4.69) is 5.32 Å². The molecule has 23 heavy (non-hydrogen) atoms. The van der Waals surface area contributed by atoms with Crippen LogP contribution in [0.5, 0.6) is 0 Å². The molecule has 0 bridgehead atoms. The first-order valence-electron chi connectivity index (χ1n) is 7.27. The minimum absolute atomic E-state index is 0.314. The smallest absolute Gasteiger partial charge is 0.419 e. The average molecular weight is 332 g/mol. The van der Waals surface area contributed by atoms with Crippen molar-refractivity contribution in [3.8, 4) is 0 Å². The summed E-state index contributed by atoms with van der Waals surface area (Å²) in [5.41, 5.74) is 2.86. The number of hydrogen-bond donors (Lipinski definition) is 2. The fourth-order valence-corrected chi connectivity index (χ4v) is 2.73. The first-order valence-corrected chi connectivity index (χ1v) is 7.27. The van der Waals surface area contributed by atoms with Crippen LogP contribution in [0.15, 0.2) is 18.2 Å². The number of benzene rings is 1. The molecule has 126 valence electrons. The van der Waals surface area contributed by atoms with Crippen LogP contribution in [0, 0.1) is 5.82 Å². The fourth-order valence-electron chi connectivity index (χ4n) is 2.73. The number of alkyl halides is 3. The van der Waals surface area contributed by atoms with Gasteiger partial charge in [0.25, 0.3) is 0 Å². The lowest BCUT2D eigenvalue weighted by Gasteiger charge is -2.23. The van der Waals surface area contributed by atoms with Crippen LogP contribution in [0.4, 0.5) is 22.4 Å². The Bertz CT molecular complexity index is 637. The summed E-state index contributed by atoms with van der Waals surface area (Å²) in [6.07, 6.45) is -2.99. The first kappa shape index (κ1) is 16.0. The predicted octanol–water partition coefficient (Wildman–Crippen LogP) is 3.05. The van der Waals surface area contributed by atoms with E-state index in [1.165, 1.54) is 6.07 Å². The number of nitrogens with one attached hydrogen (secondary N) is 1. The number of nitrogens with two attached hydrogens (primary N) is 1. The summed E-state index contributed by atoms with van der Waals surface area (Å²) >= 11 is 0. The number of halogens is 4. The van der Waals surface area contributed by atoms with Gasteiger partial charge in [-0.15, -0.1) is 0 Å². The summed E-state index contributed by atoms with van der Waals surface area (Å²) in [5, 5.41) is 3.17. The molecule has 0 unspecified atom stereocenters. The van der Waals surface area contributed by atoms with Crippen LogP contribution >= 0.6 is 0 Å². The van der Waals surface area contributed by atoms with Gasteiger partial charge < -0.3 is 15.8 Å². The van der Waals surface area contributed by atoms with Crippen molar-refractivity contribution in [2.45, 2.75) is 43.0 Å². The molecular weight excluding hydrogens is 316 g/mol. The Balaban J connectivity index is 1.75. The zero-order chi connectivity index (χ0) is 16.9. The molecule has 1 amide bonds. The summed E-state index contributed by atoms with van der Waals surface area (Å²) in [4.78, 5) is 10.9. The highest BCUT2D eigenvalue weighted by atomic mass is 19.4. The summed E-state index contributed by atoms with van der Waals surface area (Å²) in [7, 11) is 0. The molecule has 0 radical (unpaired) electrons. The standard InChI is InChI=1S/C15H16F4N2O2/c16-11-2-1-9(7-10(11)15(17,18)19)14(5-6-14)21-8-13(3-4-13)23-12(20)22/h1-2,7,21H,3-6,8H2,(H2,20,22). The molecule has 1 aromatic rings. The summed E-state index contributed by atoms with van der Waals surface area (Å²) in [5.74, 6) is -1.28. The molecule has 2 aliphatic rings. The Morgan fingerprint density at radius 1 is 1.26 bits per heavy atom. The molecular formula is C15H16F4N2O2. The number of rotatable bonds is 5. The third kappa shape index (κ3) is 3.26. The minimum atomic E-state index is -4.73. The van der Waals surface area contributed by atoms with Gasteiger partial charge in [-0.1, -0.05) is 6.07 Å².